The van der Waals surface area contributed by atoms with Crippen LogP contribution in [0.1, 0.15) is 42.5 Å². The molecule has 0 saturated heterocycles. The monoisotopic (exact) mass is 347 g/mol. The van der Waals surface area contributed by atoms with Crippen molar-refractivity contribution in [2.45, 2.75) is 32.1 Å². The molecule has 0 heterocycles. The first-order chi connectivity index (χ1) is 12.1. The van der Waals surface area contributed by atoms with Crippen LogP contribution in [0.5, 0.6) is 0 Å². The molecule has 1 aliphatic rings. The van der Waals surface area contributed by atoms with Crippen molar-refractivity contribution < 1.29 is 14.5 Å². The Hall–Kier alpha value is -2.41. The Balaban J connectivity index is 1.95. The second-order valence-corrected chi connectivity index (χ2v) is 6.02. The highest BCUT2D eigenvalue weighted by Gasteiger charge is 2.17. The van der Waals surface area contributed by atoms with Crippen molar-refractivity contribution in [2.24, 2.45) is 0 Å². The van der Waals surface area contributed by atoms with Crippen molar-refractivity contribution in [3.63, 3.8) is 0 Å². The summed E-state index contributed by atoms with van der Waals surface area (Å²) in [7, 11) is 1.56. The van der Waals surface area contributed by atoms with E-state index in [0.717, 1.165) is 19.3 Å². The third kappa shape index (κ3) is 5.86. The summed E-state index contributed by atoms with van der Waals surface area (Å²) < 4.78 is 4.92. The van der Waals surface area contributed by atoms with Gasteiger partial charge in [0.2, 0.25) is 0 Å². The van der Waals surface area contributed by atoms with E-state index in [0.29, 0.717) is 30.9 Å². The number of allylic oxidation sites excluding steroid dienone is 1. The van der Waals surface area contributed by atoms with E-state index >= 15 is 0 Å². The topological polar surface area (TPSA) is 93.5 Å². The number of hydrogen-bond donors (Lipinski definition) is 2. The average Bonchev–Trinajstić information content (AvgIpc) is 2.62. The minimum atomic E-state index is -0.487. The average molecular weight is 347 g/mol. The Morgan fingerprint density at radius 2 is 2.16 bits per heavy atom. The van der Waals surface area contributed by atoms with Gasteiger partial charge in [-0.3, -0.25) is 14.9 Å². The van der Waals surface area contributed by atoms with Gasteiger partial charge >= 0.3 is 0 Å². The number of nitrogens with one attached hydrogen (secondary N) is 2. The smallest absolute Gasteiger partial charge is 0.293 e. The number of anilines is 1. The molecule has 2 N–H and O–H groups in total. The highest BCUT2D eigenvalue weighted by Crippen LogP contribution is 2.25. The lowest BCUT2D eigenvalue weighted by molar-refractivity contribution is -0.384. The number of carbonyl (C=O) groups excluding carboxylic acids is 1. The van der Waals surface area contributed by atoms with Crippen LogP contribution in [0.2, 0.25) is 0 Å². The van der Waals surface area contributed by atoms with Gasteiger partial charge in [0.05, 0.1) is 11.5 Å². The normalized spacial score (nSPS) is 13.9. The SMILES string of the molecule is COCCNc1ccc(C(=O)NCCC2=CCCCC2)cc1[N+](=O)[O-]. The van der Waals surface area contributed by atoms with Crippen molar-refractivity contribution in [2.75, 3.05) is 32.1 Å². The number of amides is 1. The predicted molar refractivity (Wildman–Crippen MR) is 97.0 cm³/mol. The standard InChI is InChI=1S/C18H25N3O4/c1-25-12-11-19-16-8-7-15(13-17(16)21(23)24)18(22)20-10-9-14-5-3-2-4-6-14/h5,7-8,13,19H,2-4,6,9-12H2,1H3,(H,20,22). The third-order valence-electron chi connectivity index (χ3n) is 4.19. The zero-order valence-corrected chi connectivity index (χ0v) is 14.5. The Kier molecular flexibility index (Phi) is 7.40. The van der Waals surface area contributed by atoms with Gasteiger partial charge in [0.15, 0.2) is 0 Å². The lowest BCUT2D eigenvalue weighted by Gasteiger charge is -2.13. The Morgan fingerprint density at radius 3 is 2.84 bits per heavy atom. The molecule has 7 nitrogen and oxygen atoms in total. The van der Waals surface area contributed by atoms with Gasteiger partial charge < -0.3 is 15.4 Å². The largest absolute Gasteiger partial charge is 0.383 e. The molecule has 25 heavy (non-hydrogen) atoms. The van der Waals surface area contributed by atoms with Crippen molar-refractivity contribution in [1.82, 2.24) is 5.32 Å². The Labute approximate surface area is 147 Å². The zero-order chi connectivity index (χ0) is 18.1. The Morgan fingerprint density at radius 1 is 1.32 bits per heavy atom. The molecule has 0 bridgehead atoms. The third-order valence-corrected chi connectivity index (χ3v) is 4.19. The van der Waals surface area contributed by atoms with Crippen LogP contribution in [-0.4, -0.2) is 37.6 Å². The van der Waals surface area contributed by atoms with E-state index in [1.807, 2.05) is 0 Å². The van der Waals surface area contributed by atoms with E-state index in [4.69, 9.17) is 4.74 Å². The molecule has 0 radical (unpaired) electrons. The minimum absolute atomic E-state index is 0.112. The minimum Gasteiger partial charge on any atom is -0.383 e. The van der Waals surface area contributed by atoms with Gasteiger partial charge in [-0.1, -0.05) is 11.6 Å². The molecule has 1 aliphatic carbocycles. The lowest BCUT2D eigenvalue weighted by Crippen LogP contribution is -2.25. The van der Waals surface area contributed by atoms with Crippen molar-refractivity contribution in [1.29, 1.82) is 0 Å². The fraction of sp³-hybridized carbons (Fsp3) is 0.500. The number of methoxy groups -OCH3 is 1. The number of hydrogen-bond acceptors (Lipinski definition) is 5. The van der Waals surface area contributed by atoms with Gasteiger partial charge in [0.25, 0.3) is 11.6 Å². The molecule has 1 aromatic rings. The predicted octanol–water partition coefficient (Wildman–Crippen LogP) is 3.27. The van der Waals surface area contributed by atoms with Crippen molar-refractivity contribution in [3.05, 3.63) is 45.5 Å². The lowest BCUT2D eigenvalue weighted by atomic mass is 9.97. The highest BCUT2D eigenvalue weighted by molar-refractivity contribution is 5.95. The Bertz CT molecular complexity index is 643. The number of benzene rings is 1. The van der Waals surface area contributed by atoms with Gasteiger partial charge in [-0.15, -0.1) is 0 Å². The fourth-order valence-electron chi connectivity index (χ4n) is 2.83. The van der Waals surface area contributed by atoms with Gasteiger partial charge in [-0.25, -0.2) is 0 Å². The van der Waals surface area contributed by atoms with Crippen LogP contribution in [0.4, 0.5) is 11.4 Å². The quantitative estimate of drug-likeness (QED) is 0.309. The number of nitrogens with zero attached hydrogens (tertiary/aromatic N) is 1. The maximum absolute atomic E-state index is 12.2. The summed E-state index contributed by atoms with van der Waals surface area (Å²) in [5.74, 6) is -0.289. The summed E-state index contributed by atoms with van der Waals surface area (Å²) in [6.07, 6.45) is 7.76. The van der Waals surface area contributed by atoms with Gasteiger partial charge in [-0.2, -0.15) is 0 Å². The number of carbonyl (C=O) groups is 1. The van der Waals surface area contributed by atoms with E-state index in [9.17, 15) is 14.9 Å². The van der Waals surface area contributed by atoms with Gasteiger partial charge in [0, 0.05) is 31.8 Å². The van der Waals surface area contributed by atoms with E-state index < -0.39 is 4.92 Å². The van der Waals surface area contributed by atoms with E-state index in [1.165, 1.54) is 24.5 Å². The molecule has 7 heteroatoms. The molecular formula is C18H25N3O4. The maximum Gasteiger partial charge on any atom is 0.293 e. The molecule has 0 aromatic heterocycles. The van der Waals surface area contributed by atoms with Crippen LogP contribution in [0.3, 0.4) is 0 Å². The summed E-state index contributed by atoms with van der Waals surface area (Å²) >= 11 is 0. The molecule has 0 unspecified atom stereocenters. The summed E-state index contributed by atoms with van der Waals surface area (Å²) in [6, 6.07) is 4.47. The summed E-state index contributed by atoms with van der Waals surface area (Å²) in [4.78, 5) is 23.0. The van der Waals surface area contributed by atoms with Gasteiger partial charge in [0.1, 0.15) is 5.69 Å². The van der Waals surface area contributed by atoms with Crippen LogP contribution >= 0.6 is 0 Å². The molecule has 0 spiro atoms. The van der Waals surface area contributed by atoms with Crippen molar-refractivity contribution >= 4 is 17.3 Å². The number of nitro benzene ring substituents is 1. The summed E-state index contributed by atoms with van der Waals surface area (Å²) in [5.41, 5.74) is 1.95. The molecule has 136 valence electrons. The maximum atomic E-state index is 12.2. The van der Waals surface area contributed by atoms with Crippen LogP contribution in [0, 0.1) is 10.1 Å². The van der Waals surface area contributed by atoms with E-state index in [-0.39, 0.29) is 11.6 Å². The van der Waals surface area contributed by atoms with Crippen molar-refractivity contribution in [3.8, 4) is 0 Å². The number of ether oxygens (including phenoxy) is 1. The molecule has 0 atom stereocenters. The fourth-order valence-corrected chi connectivity index (χ4v) is 2.83. The van der Waals surface area contributed by atoms with E-state index in [1.54, 1.807) is 19.2 Å². The first-order valence-corrected chi connectivity index (χ1v) is 8.59. The second-order valence-electron chi connectivity index (χ2n) is 6.02. The van der Waals surface area contributed by atoms with Gasteiger partial charge in [-0.05, 0) is 44.2 Å². The molecule has 0 saturated carbocycles. The second kappa shape index (κ2) is 9.78. The zero-order valence-electron chi connectivity index (χ0n) is 14.5. The van der Waals surface area contributed by atoms with Crippen LogP contribution in [0.15, 0.2) is 29.8 Å². The molecular weight excluding hydrogens is 322 g/mol. The van der Waals surface area contributed by atoms with Crippen LogP contribution in [-0.2, 0) is 4.74 Å². The van der Waals surface area contributed by atoms with Crippen LogP contribution < -0.4 is 10.6 Å². The first kappa shape index (κ1) is 18.9. The highest BCUT2D eigenvalue weighted by atomic mass is 16.6. The molecule has 2 rings (SSSR count). The summed E-state index contributed by atoms with van der Waals surface area (Å²) in [5, 5.41) is 17.0. The molecule has 0 aliphatic heterocycles. The molecule has 1 amide bonds. The first-order valence-electron chi connectivity index (χ1n) is 8.59. The number of rotatable bonds is 9. The van der Waals surface area contributed by atoms with Crippen LogP contribution in [0.25, 0.3) is 0 Å². The molecule has 1 aromatic carbocycles. The van der Waals surface area contributed by atoms with E-state index in [2.05, 4.69) is 16.7 Å². The molecule has 0 fully saturated rings. The number of nitro groups is 1. The summed E-state index contributed by atoms with van der Waals surface area (Å²) in [6.45, 7) is 1.44.